The van der Waals surface area contributed by atoms with E-state index in [0.29, 0.717) is 34.4 Å². The normalized spacial score (nSPS) is 11.9. The molecule has 41 heavy (non-hydrogen) atoms. The number of hydrogen-bond acceptors (Lipinski definition) is 3. The van der Waals surface area contributed by atoms with Gasteiger partial charge in [-0.15, -0.1) is 0 Å². The van der Waals surface area contributed by atoms with E-state index in [0.717, 1.165) is 33.3 Å². The van der Waals surface area contributed by atoms with Gasteiger partial charge in [0.05, 0.1) is 6.04 Å². The number of aryl methyl sites for hydroxylation is 1. The number of carboxylic acid groups (broad SMARTS) is 1. The van der Waals surface area contributed by atoms with Gasteiger partial charge in [0.25, 0.3) is 5.91 Å². The number of benzene rings is 3. The summed E-state index contributed by atoms with van der Waals surface area (Å²) in [5, 5.41) is 14.2. The summed E-state index contributed by atoms with van der Waals surface area (Å²) in [5.41, 5.74) is 7.38. The Morgan fingerprint density at radius 1 is 0.976 bits per heavy atom. The van der Waals surface area contributed by atoms with Crippen LogP contribution >= 0.6 is 11.6 Å². The summed E-state index contributed by atoms with van der Waals surface area (Å²) >= 11 is 6.56. The fourth-order valence-corrected chi connectivity index (χ4v) is 5.11. The fraction of sp³-hybridized carbons (Fsp3) is 0.294. The van der Waals surface area contributed by atoms with E-state index >= 15 is 0 Å². The van der Waals surface area contributed by atoms with E-state index in [1.54, 1.807) is 32.0 Å². The summed E-state index contributed by atoms with van der Waals surface area (Å²) in [6.45, 7) is 14.2. The van der Waals surface area contributed by atoms with Gasteiger partial charge in [0.15, 0.2) is 0 Å². The number of aliphatic carboxylic acids is 1. The molecule has 0 aliphatic heterocycles. The first-order valence-electron chi connectivity index (χ1n) is 13.7. The first-order chi connectivity index (χ1) is 19.4. The lowest BCUT2D eigenvalue weighted by atomic mass is 9.98. The van der Waals surface area contributed by atoms with Crippen molar-refractivity contribution in [3.8, 4) is 5.75 Å². The Morgan fingerprint density at radius 2 is 1.68 bits per heavy atom. The maximum atomic E-state index is 13.3. The van der Waals surface area contributed by atoms with Crippen molar-refractivity contribution in [1.29, 1.82) is 0 Å². The molecule has 0 unspecified atom stereocenters. The van der Waals surface area contributed by atoms with Crippen LogP contribution in [0.3, 0.4) is 0 Å². The minimum absolute atomic E-state index is 0.107. The first-order valence-corrected chi connectivity index (χ1v) is 14.1. The molecule has 1 aromatic heterocycles. The Balaban J connectivity index is 1.60. The van der Waals surface area contributed by atoms with E-state index in [2.05, 4.69) is 35.9 Å². The highest BCUT2D eigenvalue weighted by molar-refractivity contribution is 6.31. The fourth-order valence-electron chi connectivity index (χ4n) is 4.93. The zero-order chi connectivity index (χ0) is 30.0. The average Bonchev–Trinajstić information content (AvgIpc) is 3.17. The van der Waals surface area contributed by atoms with Gasteiger partial charge in [0.1, 0.15) is 5.75 Å². The van der Waals surface area contributed by atoms with E-state index in [1.165, 1.54) is 5.56 Å². The zero-order valence-electron chi connectivity index (χ0n) is 24.6. The second kappa shape index (κ2) is 12.2. The summed E-state index contributed by atoms with van der Waals surface area (Å²) in [5.74, 6) is -0.534. The van der Waals surface area contributed by atoms with E-state index < -0.39 is 5.97 Å². The molecule has 0 radical (unpaired) electrons. The molecule has 0 fully saturated rings. The van der Waals surface area contributed by atoms with Gasteiger partial charge in [-0.25, -0.2) is 4.79 Å². The molecule has 214 valence electrons. The molecular weight excluding hydrogens is 536 g/mol. The predicted octanol–water partition coefficient (Wildman–Crippen LogP) is 8.33. The second-order valence-electron chi connectivity index (χ2n) is 11.0. The topological polar surface area (TPSA) is 80.6 Å². The van der Waals surface area contributed by atoms with Crippen molar-refractivity contribution in [3.05, 3.63) is 111 Å². The smallest absolute Gasteiger partial charge is 0.371 e. The van der Waals surface area contributed by atoms with Gasteiger partial charge >= 0.3 is 5.97 Å². The highest BCUT2D eigenvalue weighted by Crippen LogP contribution is 2.31. The molecule has 6 nitrogen and oxygen atoms in total. The summed E-state index contributed by atoms with van der Waals surface area (Å²) in [7, 11) is 0. The quantitative estimate of drug-likeness (QED) is 0.156. The molecule has 4 rings (SSSR count). The lowest BCUT2D eigenvalue weighted by molar-refractivity contribution is -0.135. The van der Waals surface area contributed by atoms with Crippen molar-refractivity contribution in [2.24, 2.45) is 0 Å². The molecule has 1 amide bonds. The van der Waals surface area contributed by atoms with Gasteiger partial charge in [0, 0.05) is 33.7 Å². The monoisotopic (exact) mass is 572 g/mol. The second-order valence-corrected chi connectivity index (χ2v) is 11.4. The molecule has 0 aliphatic rings. The van der Waals surface area contributed by atoms with Crippen LogP contribution in [0.5, 0.6) is 5.75 Å². The number of ether oxygens (including phenoxy) is 1. The molecule has 4 aromatic rings. The maximum Gasteiger partial charge on any atom is 0.371 e. The molecule has 7 heteroatoms. The summed E-state index contributed by atoms with van der Waals surface area (Å²) in [6.07, 6.45) is 0. The molecule has 0 bridgehead atoms. The number of carbonyl (C=O) groups is 2. The van der Waals surface area contributed by atoms with E-state index in [9.17, 15) is 14.7 Å². The minimum Gasteiger partial charge on any atom is -0.475 e. The van der Waals surface area contributed by atoms with Gasteiger partial charge in [-0.05, 0) is 105 Å². The lowest BCUT2D eigenvalue weighted by Gasteiger charge is -2.17. The number of nitrogens with one attached hydrogen (secondary N) is 1. The Bertz CT molecular complexity index is 1660. The number of halogens is 1. The van der Waals surface area contributed by atoms with Crippen LogP contribution in [0.25, 0.3) is 10.9 Å². The molecule has 2 N–H and O–H groups in total. The Hall–Kier alpha value is -4.03. The minimum atomic E-state index is -1.12. The van der Waals surface area contributed by atoms with Gasteiger partial charge in [-0.1, -0.05) is 49.7 Å². The summed E-state index contributed by atoms with van der Waals surface area (Å²) in [4.78, 5) is 24.8. The van der Waals surface area contributed by atoms with Crippen molar-refractivity contribution in [3.63, 3.8) is 0 Å². The Labute approximate surface area is 246 Å². The number of fused-ring (bicyclic) bond motifs is 1. The Kier molecular flexibility index (Phi) is 8.93. The standard InChI is InChI=1S/C34H37ClN2O4/c1-19(2)24-9-8-10-25(15-24)22(6)36-33(38)26-11-14-31-29(17-26)21(5)23(7)37(31)18-27-16-28(12-13-30(27)35)41-32(20(3)4)34(39)40/h8-17,19,22H,18H2,1-7H3,(H,36,38)(H,39,40)/t22-/m0/s1. The molecule has 0 saturated heterocycles. The Morgan fingerprint density at radius 3 is 2.34 bits per heavy atom. The van der Waals surface area contributed by atoms with E-state index in [1.807, 2.05) is 51.1 Å². The van der Waals surface area contributed by atoms with Crippen LogP contribution < -0.4 is 10.1 Å². The number of carboxylic acids is 1. The average molecular weight is 573 g/mol. The lowest BCUT2D eigenvalue weighted by Crippen LogP contribution is -2.26. The van der Waals surface area contributed by atoms with E-state index in [4.69, 9.17) is 16.3 Å². The molecule has 0 spiro atoms. The van der Waals surface area contributed by atoms with Crippen molar-refractivity contribution < 1.29 is 19.4 Å². The zero-order valence-corrected chi connectivity index (χ0v) is 25.4. The molecule has 1 heterocycles. The van der Waals surface area contributed by atoms with Crippen LogP contribution in [0, 0.1) is 13.8 Å². The van der Waals surface area contributed by atoms with Gasteiger partial charge in [-0.2, -0.15) is 0 Å². The number of amides is 1. The summed E-state index contributed by atoms with van der Waals surface area (Å²) < 4.78 is 7.83. The molecule has 1 atom stereocenters. The third kappa shape index (κ3) is 6.49. The van der Waals surface area contributed by atoms with Crippen LogP contribution in [-0.2, 0) is 11.3 Å². The van der Waals surface area contributed by atoms with E-state index in [-0.39, 0.29) is 17.7 Å². The van der Waals surface area contributed by atoms with Crippen molar-refractivity contribution in [1.82, 2.24) is 9.88 Å². The summed E-state index contributed by atoms with van der Waals surface area (Å²) in [6, 6.07) is 19.1. The van der Waals surface area contributed by atoms with Crippen LogP contribution in [0.2, 0.25) is 5.02 Å². The number of carbonyl (C=O) groups excluding carboxylic acids is 1. The first kappa shape index (κ1) is 29.9. The van der Waals surface area contributed by atoms with Gasteiger partial charge in [-0.3, -0.25) is 4.79 Å². The highest BCUT2D eigenvalue weighted by atomic mass is 35.5. The molecule has 0 saturated carbocycles. The number of rotatable bonds is 9. The number of nitrogens with zero attached hydrogens (tertiary/aromatic N) is 1. The predicted molar refractivity (Wildman–Crippen MR) is 165 cm³/mol. The van der Waals surface area contributed by atoms with Crippen molar-refractivity contribution in [2.75, 3.05) is 0 Å². The van der Waals surface area contributed by atoms with Gasteiger partial charge in [0.2, 0.25) is 5.76 Å². The largest absolute Gasteiger partial charge is 0.475 e. The SMILES string of the molecule is CC(C)=C(Oc1ccc(Cl)c(Cn2c(C)c(C)c3cc(C(=O)N[C@@H](C)c4cccc(C(C)C)c4)ccc32)c1)C(=O)O. The van der Waals surface area contributed by atoms with Crippen molar-refractivity contribution in [2.45, 2.75) is 67.0 Å². The van der Waals surface area contributed by atoms with Crippen LogP contribution in [0.4, 0.5) is 0 Å². The molecule has 0 aliphatic carbocycles. The third-order valence-electron chi connectivity index (χ3n) is 7.54. The van der Waals surface area contributed by atoms with Crippen LogP contribution in [-0.4, -0.2) is 21.6 Å². The maximum absolute atomic E-state index is 13.3. The third-order valence-corrected chi connectivity index (χ3v) is 7.91. The number of allylic oxidation sites excluding steroid dienone is 1. The van der Waals surface area contributed by atoms with Crippen LogP contribution in [0.15, 0.2) is 72.0 Å². The number of hydrogen-bond donors (Lipinski definition) is 2. The highest BCUT2D eigenvalue weighted by Gasteiger charge is 2.18. The molecular formula is C34H37ClN2O4. The van der Waals surface area contributed by atoms with Gasteiger partial charge < -0.3 is 19.7 Å². The number of aromatic nitrogens is 1. The molecule has 3 aromatic carbocycles. The van der Waals surface area contributed by atoms with Crippen LogP contribution in [0.1, 0.15) is 84.9 Å². The van der Waals surface area contributed by atoms with Crippen molar-refractivity contribution >= 4 is 34.4 Å².